The van der Waals surface area contributed by atoms with Crippen molar-refractivity contribution in [2.75, 3.05) is 10.6 Å². The predicted molar refractivity (Wildman–Crippen MR) is 130 cm³/mol. The number of nitrogen functional groups attached to an aromatic ring is 1. The van der Waals surface area contributed by atoms with Gasteiger partial charge in [-0.05, 0) is 59.0 Å². The van der Waals surface area contributed by atoms with Gasteiger partial charge in [0.1, 0.15) is 0 Å². The minimum Gasteiger partial charge on any atom is -0.399 e. The lowest BCUT2D eigenvalue weighted by molar-refractivity contribution is 0.590. The molecule has 0 heterocycles. The zero-order chi connectivity index (χ0) is 21.1. The summed E-state index contributed by atoms with van der Waals surface area (Å²) in [5.41, 5.74) is 14.0. The molecule has 2 N–H and O–H groups in total. The minimum atomic E-state index is 0.0663. The smallest absolute Gasteiger partial charge is 0.0540 e. The van der Waals surface area contributed by atoms with E-state index in [1.807, 2.05) is 24.3 Å². The Kier molecular flexibility index (Phi) is 5.33. The molecule has 0 aromatic heterocycles. The Bertz CT molecular complexity index is 1130. The van der Waals surface area contributed by atoms with Gasteiger partial charge < -0.3 is 10.6 Å². The standard InChI is InChI=1S/C28H28N2/c1-28(2,3)22-17-18-27(26(19-22)21-11-6-4-7-12-21)30(24-14-8-5-9-15-24)25-16-10-13-23(29)20-25/h4-20H,29H2,1-3H3. The fraction of sp³-hybridized carbons (Fsp3) is 0.143. The first-order valence-corrected chi connectivity index (χ1v) is 10.3. The lowest BCUT2D eigenvalue weighted by Crippen LogP contribution is -2.14. The van der Waals surface area contributed by atoms with Crippen LogP contribution in [0, 0.1) is 0 Å². The zero-order valence-corrected chi connectivity index (χ0v) is 17.8. The number of hydrogen-bond acceptors (Lipinski definition) is 2. The Morgan fingerprint density at radius 2 is 1.27 bits per heavy atom. The maximum atomic E-state index is 6.16. The highest BCUT2D eigenvalue weighted by Gasteiger charge is 2.21. The van der Waals surface area contributed by atoms with Gasteiger partial charge in [-0.25, -0.2) is 0 Å². The van der Waals surface area contributed by atoms with Crippen LogP contribution in [-0.4, -0.2) is 0 Å². The molecule has 0 bridgehead atoms. The summed E-state index contributed by atoms with van der Waals surface area (Å²) in [5.74, 6) is 0. The van der Waals surface area contributed by atoms with E-state index in [4.69, 9.17) is 5.73 Å². The molecule has 0 spiro atoms. The highest BCUT2D eigenvalue weighted by Crippen LogP contribution is 2.42. The van der Waals surface area contributed by atoms with Crippen LogP contribution in [-0.2, 0) is 5.41 Å². The van der Waals surface area contributed by atoms with Crippen LogP contribution >= 0.6 is 0 Å². The molecule has 2 heteroatoms. The molecule has 30 heavy (non-hydrogen) atoms. The van der Waals surface area contributed by atoms with Crippen molar-refractivity contribution >= 4 is 22.7 Å². The van der Waals surface area contributed by atoms with E-state index in [1.165, 1.54) is 16.7 Å². The van der Waals surface area contributed by atoms with E-state index in [1.54, 1.807) is 0 Å². The van der Waals surface area contributed by atoms with Gasteiger partial charge in [-0.1, -0.05) is 81.4 Å². The summed E-state index contributed by atoms with van der Waals surface area (Å²) in [7, 11) is 0. The highest BCUT2D eigenvalue weighted by atomic mass is 15.1. The summed E-state index contributed by atoms with van der Waals surface area (Å²) in [4.78, 5) is 2.28. The monoisotopic (exact) mass is 392 g/mol. The van der Waals surface area contributed by atoms with Crippen LogP contribution in [0.3, 0.4) is 0 Å². The second-order valence-corrected chi connectivity index (χ2v) is 8.61. The van der Waals surface area contributed by atoms with Gasteiger partial charge in [0.05, 0.1) is 5.69 Å². The van der Waals surface area contributed by atoms with Gasteiger partial charge in [-0.3, -0.25) is 0 Å². The van der Waals surface area contributed by atoms with E-state index in [9.17, 15) is 0 Å². The van der Waals surface area contributed by atoms with Crippen molar-refractivity contribution in [3.63, 3.8) is 0 Å². The van der Waals surface area contributed by atoms with Crippen LogP contribution < -0.4 is 10.6 Å². The molecule has 0 fully saturated rings. The molecule has 0 aliphatic heterocycles. The minimum absolute atomic E-state index is 0.0663. The Balaban J connectivity index is 1.99. The molecule has 0 atom stereocenters. The van der Waals surface area contributed by atoms with E-state index in [-0.39, 0.29) is 5.41 Å². The molecule has 0 aliphatic rings. The quantitative estimate of drug-likeness (QED) is 0.360. The molecule has 4 aromatic carbocycles. The molecule has 4 rings (SSSR count). The third-order valence-electron chi connectivity index (χ3n) is 5.33. The second kappa shape index (κ2) is 8.08. The Labute approximate surface area is 179 Å². The van der Waals surface area contributed by atoms with Crippen LogP contribution in [0.15, 0.2) is 103 Å². The Hall–Kier alpha value is -3.52. The van der Waals surface area contributed by atoms with Crippen molar-refractivity contribution in [3.8, 4) is 11.1 Å². The average molecular weight is 393 g/mol. The summed E-state index contributed by atoms with van der Waals surface area (Å²) in [6.45, 7) is 6.76. The predicted octanol–water partition coefficient (Wildman–Crippen LogP) is 7.70. The maximum absolute atomic E-state index is 6.16. The van der Waals surface area contributed by atoms with E-state index in [0.29, 0.717) is 0 Å². The Morgan fingerprint density at radius 3 is 1.90 bits per heavy atom. The molecule has 0 amide bonds. The van der Waals surface area contributed by atoms with Gasteiger partial charge in [0.25, 0.3) is 0 Å². The van der Waals surface area contributed by atoms with E-state index < -0.39 is 0 Å². The van der Waals surface area contributed by atoms with E-state index in [2.05, 4.69) is 105 Å². The second-order valence-electron chi connectivity index (χ2n) is 8.61. The fourth-order valence-corrected chi connectivity index (χ4v) is 3.71. The molecule has 150 valence electrons. The first-order valence-electron chi connectivity index (χ1n) is 10.3. The first kappa shape index (κ1) is 19.8. The number of hydrogen-bond donors (Lipinski definition) is 1. The molecule has 4 aromatic rings. The van der Waals surface area contributed by atoms with Crippen LogP contribution in [0.5, 0.6) is 0 Å². The van der Waals surface area contributed by atoms with Gasteiger partial charge in [0.2, 0.25) is 0 Å². The number of anilines is 4. The summed E-state index contributed by atoms with van der Waals surface area (Å²) in [6, 6.07) is 35.9. The topological polar surface area (TPSA) is 29.3 Å². The zero-order valence-electron chi connectivity index (χ0n) is 17.8. The number of nitrogens with two attached hydrogens (primary N) is 1. The van der Waals surface area contributed by atoms with Gasteiger partial charge in [0.15, 0.2) is 0 Å². The molecule has 0 unspecified atom stereocenters. The molecular weight excluding hydrogens is 364 g/mol. The summed E-state index contributed by atoms with van der Waals surface area (Å²) in [5, 5.41) is 0. The molecule has 0 aliphatic carbocycles. The largest absolute Gasteiger partial charge is 0.399 e. The summed E-state index contributed by atoms with van der Waals surface area (Å²) >= 11 is 0. The third-order valence-corrected chi connectivity index (χ3v) is 5.33. The molecule has 2 nitrogen and oxygen atoms in total. The normalized spacial score (nSPS) is 11.3. The lowest BCUT2D eigenvalue weighted by atomic mass is 9.84. The highest BCUT2D eigenvalue weighted by molar-refractivity contribution is 5.89. The van der Waals surface area contributed by atoms with Crippen molar-refractivity contribution in [1.29, 1.82) is 0 Å². The van der Waals surface area contributed by atoms with Gasteiger partial charge in [-0.2, -0.15) is 0 Å². The van der Waals surface area contributed by atoms with Crippen LogP contribution in [0.4, 0.5) is 22.7 Å². The lowest BCUT2D eigenvalue weighted by Gasteiger charge is -2.30. The maximum Gasteiger partial charge on any atom is 0.0540 e. The Morgan fingerprint density at radius 1 is 0.633 bits per heavy atom. The molecule has 0 radical (unpaired) electrons. The average Bonchev–Trinajstić information content (AvgIpc) is 2.75. The third kappa shape index (κ3) is 4.08. The van der Waals surface area contributed by atoms with Crippen LogP contribution in [0.25, 0.3) is 11.1 Å². The number of benzene rings is 4. The first-order chi connectivity index (χ1) is 14.4. The van der Waals surface area contributed by atoms with E-state index in [0.717, 1.165) is 22.7 Å². The van der Waals surface area contributed by atoms with Crippen molar-refractivity contribution in [2.45, 2.75) is 26.2 Å². The summed E-state index contributed by atoms with van der Waals surface area (Å²) in [6.07, 6.45) is 0. The molecule has 0 saturated heterocycles. The number of nitrogens with zero attached hydrogens (tertiary/aromatic N) is 1. The van der Waals surface area contributed by atoms with Gasteiger partial charge in [-0.15, -0.1) is 0 Å². The van der Waals surface area contributed by atoms with E-state index >= 15 is 0 Å². The van der Waals surface area contributed by atoms with Gasteiger partial charge >= 0.3 is 0 Å². The number of para-hydroxylation sites is 1. The van der Waals surface area contributed by atoms with Crippen molar-refractivity contribution < 1.29 is 0 Å². The molecular formula is C28H28N2. The van der Waals surface area contributed by atoms with Gasteiger partial charge in [0, 0.05) is 22.6 Å². The fourth-order valence-electron chi connectivity index (χ4n) is 3.71. The van der Waals surface area contributed by atoms with Crippen LogP contribution in [0.2, 0.25) is 0 Å². The molecule has 0 saturated carbocycles. The van der Waals surface area contributed by atoms with Crippen LogP contribution in [0.1, 0.15) is 26.3 Å². The van der Waals surface area contributed by atoms with Crippen molar-refractivity contribution in [1.82, 2.24) is 0 Å². The number of rotatable bonds is 4. The van der Waals surface area contributed by atoms with Crippen molar-refractivity contribution in [3.05, 3.63) is 109 Å². The summed E-state index contributed by atoms with van der Waals surface area (Å²) < 4.78 is 0. The SMILES string of the molecule is CC(C)(C)c1ccc(N(c2ccccc2)c2cccc(N)c2)c(-c2ccccc2)c1. The van der Waals surface area contributed by atoms with Crippen molar-refractivity contribution in [2.24, 2.45) is 0 Å².